The van der Waals surface area contributed by atoms with Gasteiger partial charge in [-0.15, -0.1) is 0 Å². The number of benzene rings is 2. The van der Waals surface area contributed by atoms with Crippen LogP contribution in [0, 0.1) is 6.92 Å². The number of nitrogens with one attached hydrogen (secondary N) is 2. The third-order valence-corrected chi connectivity index (χ3v) is 4.65. The first-order valence-corrected chi connectivity index (χ1v) is 8.69. The number of urea groups is 1. The molecule has 6 nitrogen and oxygen atoms in total. The molecule has 1 aliphatic rings. The molecule has 4 amide bonds. The number of rotatable bonds is 4. The van der Waals surface area contributed by atoms with E-state index in [0.29, 0.717) is 10.6 Å². The zero-order chi connectivity index (χ0) is 21.4. The first-order valence-electron chi connectivity index (χ1n) is 8.69. The fourth-order valence-corrected chi connectivity index (χ4v) is 3.11. The van der Waals surface area contributed by atoms with Crippen LogP contribution in [0.25, 0.3) is 0 Å². The summed E-state index contributed by atoms with van der Waals surface area (Å²) in [5.41, 5.74) is -1.25. The van der Waals surface area contributed by atoms with Gasteiger partial charge in [0.15, 0.2) is 0 Å². The number of hydrogen-bond donors (Lipinski definition) is 2. The van der Waals surface area contributed by atoms with Crippen molar-refractivity contribution in [3.05, 3.63) is 65.2 Å². The van der Waals surface area contributed by atoms with Crippen molar-refractivity contribution in [1.82, 2.24) is 10.2 Å². The van der Waals surface area contributed by atoms with Gasteiger partial charge in [0.1, 0.15) is 12.1 Å². The zero-order valence-corrected chi connectivity index (χ0v) is 15.6. The van der Waals surface area contributed by atoms with Crippen molar-refractivity contribution in [2.75, 3.05) is 11.9 Å². The summed E-state index contributed by atoms with van der Waals surface area (Å²) in [5.74, 6) is -1.41. The minimum atomic E-state index is -4.59. The molecule has 1 heterocycles. The summed E-state index contributed by atoms with van der Waals surface area (Å²) < 4.78 is 39.0. The molecule has 152 valence electrons. The second kappa shape index (κ2) is 7.23. The Morgan fingerprint density at radius 3 is 2.48 bits per heavy atom. The molecule has 0 saturated carbocycles. The summed E-state index contributed by atoms with van der Waals surface area (Å²) in [7, 11) is 0. The van der Waals surface area contributed by atoms with Gasteiger partial charge in [0.25, 0.3) is 5.91 Å². The van der Waals surface area contributed by atoms with Crippen molar-refractivity contribution in [1.29, 1.82) is 0 Å². The van der Waals surface area contributed by atoms with Crippen LogP contribution in [0.2, 0.25) is 0 Å². The number of hydrogen-bond acceptors (Lipinski definition) is 3. The molecule has 0 radical (unpaired) electrons. The lowest BCUT2D eigenvalue weighted by Gasteiger charge is -2.23. The van der Waals surface area contributed by atoms with Gasteiger partial charge >= 0.3 is 12.2 Å². The van der Waals surface area contributed by atoms with Gasteiger partial charge in [-0.25, -0.2) is 4.79 Å². The number of nitrogens with zero attached hydrogens (tertiary/aromatic N) is 1. The average Bonchev–Trinajstić information content (AvgIpc) is 2.85. The number of anilines is 1. The van der Waals surface area contributed by atoms with Crippen LogP contribution >= 0.6 is 0 Å². The smallest absolute Gasteiger partial charge is 0.325 e. The fraction of sp³-hybridized carbons (Fsp3) is 0.250. The van der Waals surface area contributed by atoms with Gasteiger partial charge in [0.05, 0.1) is 5.56 Å². The average molecular weight is 405 g/mol. The van der Waals surface area contributed by atoms with Gasteiger partial charge in [0.2, 0.25) is 5.91 Å². The first kappa shape index (κ1) is 20.4. The van der Waals surface area contributed by atoms with E-state index in [0.717, 1.165) is 23.8 Å². The largest absolute Gasteiger partial charge is 0.416 e. The van der Waals surface area contributed by atoms with E-state index in [2.05, 4.69) is 10.6 Å². The molecular weight excluding hydrogens is 387 g/mol. The fourth-order valence-electron chi connectivity index (χ4n) is 3.11. The summed E-state index contributed by atoms with van der Waals surface area (Å²) >= 11 is 0. The predicted molar refractivity (Wildman–Crippen MR) is 98.8 cm³/mol. The van der Waals surface area contributed by atoms with Crippen molar-refractivity contribution in [3.8, 4) is 0 Å². The molecule has 9 heteroatoms. The molecule has 29 heavy (non-hydrogen) atoms. The summed E-state index contributed by atoms with van der Waals surface area (Å²) in [5, 5.41) is 4.98. The third kappa shape index (κ3) is 4.08. The predicted octanol–water partition coefficient (Wildman–Crippen LogP) is 3.42. The highest BCUT2D eigenvalue weighted by Crippen LogP contribution is 2.34. The molecule has 2 N–H and O–H groups in total. The monoisotopic (exact) mass is 405 g/mol. The van der Waals surface area contributed by atoms with Gasteiger partial charge in [0, 0.05) is 5.69 Å². The lowest BCUT2D eigenvalue weighted by molar-refractivity contribution is -0.138. The molecule has 0 aliphatic carbocycles. The van der Waals surface area contributed by atoms with E-state index >= 15 is 0 Å². The number of halogens is 3. The van der Waals surface area contributed by atoms with Crippen molar-refractivity contribution in [2.45, 2.75) is 25.6 Å². The molecule has 2 aromatic carbocycles. The van der Waals surface area contributed by atoms with Crippen molar-refractivity contribution < 1.29 is 27.6 Å². The number of imide groups is 1. The number of carbonyl (C=O) groups is 3. The van der Waals surface area contributed by atoms with Crippen LogP contribution in [-0.4, -0.2) is 29.3 Å². The third-order valence-electron chi connectivity index (χ3n) is 4.65. The van der Waals surface area contributed by atoms with Gasteiger partial charge in [-0.05, 0) is 49.2 Å². The molecule has 0 bridgehead atoms. The molecule has 0 spiro atoms. The molecule has 3 rings (SSSR count). The summed E-state index contributed by atoms with van der Waals surface area (Å²) in [4.78, 5) is 38.1. The highest BCUT2D eigenvalue weighted by Gasteiger charge is 2.50. The Kier molecular flexibility index (Phi) is 5.08. The second-order valence-corrected chi connectivity index (χ2v) is 6.94. The number of carbonyl (C=O) groups excluding carboxylic acids is 3. The Bertz CT molecular complexity index is 990. The highest BCUT2D eigenvalue weighted by atomic mass is 19.4. The Morgan fingerprint density at radius 2 is 1.83 bits per heavy atom. The lowest BCUT2D eigenvalue weighted by Crippen LogP contribution is -2.42. The van der Waals surface area contributed by atoms with E-state index in [4.69, 9.17) is 0 Å². The van der Waals surface area contributed by atoms with Gasteiger partial charge in [-0.2, -0.15) is 13.2 Å². The maximum absolute atomic E-state index is 13.0. The minimum Gasteiger partial charge on any atom is -0.325 e. The van der Waals surface area contributed by atoms with Crippen LogP contribution in [0.15, 0.2) is 48.5 Å². The zero-order valence-electron chi connectivity index (χ0n) is 15.6. The highest BCUT2D eigenvalue weighted by molar-refractivity contribution is 6.10. The van der Waals surface area contributed by atoms with Crippen LogP contribution in [0.3, 0.4) is 0 Å². The van der Waals surface area contributed by atoms with Crippen LogP contribution in [-0.2, 0) is 21.3 Å². The van der Waals surface area contributed by atoms with Crippen molar-refractivity contribution >= 4 is 23.5 Å². The summed E-state index contributed by atoms with van der Waals surface area (Å²) in [6, 6.07) is 10.3. The Labute approximate surface area is 164 Å². The van der Waals surface area contributed by atoms with E-state index in [1.807, 2.05) is 13.0 Å². The minimum absolute atomic E-state index is 0.0210. The first-order chi connectivity index (χ1) is 13.5. The molecule has 1 fully saturated rings. The Hall–Kier alpha value is -3.36. The molecule has 1 atom stereocenters. The molecule has 1 unspecified atom stereocenters. The van der Waals surface area contributed by atoms with Crippen LogP contribution in [0.5, 0.6) is 0 Å². The van der Waals surface area contributed by atoms with Gasteiger partial charge in [-0.1, -0.05) is 24.3 Å². The second-order valence-electron chi connectivity index (χ2n) is 6.94. The van der Waals surface area contributed by atoms with Crippen molar-refractivity contribution in [3.63, 3.8) is 0 Å². The number of aryl methyl sites for hydroxylation is 1. The van der Waals surface area contributed by atoms with Crippen LogP contribution in [0.1, 0.15) is 23.6 Å². The summed E-state index contributed by atoms with van der Waals surface area (Å²) in [6.45, 7) is 2.59. The normalized spacial score (nSPS) is 19.3. The Balaban J connectivity index is 1.79. The van der Waals surface area contributed by atoms with E-state index in [1.54, 1.807) is 18.2 Å². The van der Waals surface area contributed by atoms with E-state index in [9.17, 15) is 27.6 Å². The van der Waals surface area contributed by atoms with E-state index in [-0.39, 0.29) is 5.56 Å². The standard InChI is InChI=1S/C20H18F3N3O3/c1-12-5-3-8-15(9-12)24-16(27)11-26-17(28)19(2,25-18(26)29)13-6-4-7-14(10-13)20(21,22)23/h3-10H,11H2,1-2H3,(H,24,27)(H,25,29). The van der Waals surface area contributed by atoms with E-state index < -0.39 is 41.7 Å². The maximum atomic E-state index is 13.0. The maximum Gasteiger partial charge on any atom is 0.416 e. The van der Waals surface area contributed by atoms with Crippen LogP contribution in [0.4, 0.5) is 23.7 Å². The number of alkyl halides is 3. The van der Waals surface area contributed by atoms with Crippen LogP contribution < -0.4 is 10.6 Å². The molecule has 1 saturated heterocycles. The molecule has 0 aromatic heterocycles. The lowest BCUT2D eigenvalue weighted by atomic mass is 9.90. The SMILES string of the molecule is Cc1cccc(NC(=O)CN2C(=O)NC(C)(c3cccc(C(F)(F)F)c3)C2=O)c1. The summed E-state index contributed by atoms with van der Waals surface area (Å²) in [6.07, 6.45) is -4.59. The van der Waals surface area contributed by atoms with E-state index in [1.165, 1.54) is 13.0 Å². The molecule has 2 aromatic rings. The quantitative estimate of drug-likeness (QED) is 0.766. The van der Waals surface area contributed by atoms with Crippen molar-refractivity contribution in [2.24, 2.45) is 0 Å². The number of amides is 4. The topological polar surface area (TPSA) is 78.5 Å². The molecular formula is C20H18F3N3O3. The molecule has 1 aliphatic heterocycles. The Morgan fingerprint density at radius 1 is 1.14 bits per heavy atom. The van der Waals surface area contributed by atoms with Gasteiger partial charge in [-0.3, -0.25) is 14.5 Å². The van der Waals surface area contributed by atoms with Gasteiger partial charge < -0.3 is 10.6 Å².